The van der Waals surface area contributed by atoms with Crippen LogP contribution in [0.2, 0.25) is 0 Å². The quantitative estimate of drug-likeness (QED) is 0.613. The van der Waals surface area contributed by atoms with Crippen molar-refractivity contribution in [1.29, 1.82) is 0 Å². The lowest BCUT2D eigenvalue weighted by atomic mass is 10.1. The van der Waals surface area contributed by atoms with Gasteiger partial charge in [-0.05, 0) is 37.0 Å². The summed E-state index contributed by atoms with van der Waals surface area (Å²) in [5.41, 5.74) is 1.85. The number of amides is 2. The molecule has 0 bridgehead atoms. The fourth-order valence-electron chi connectivity index (χ4n) is 3.22. The maximum absolute atomic E-state index is 12.8. The van der Waals surface area contributed by atoms with Crippen LogP contribution in [0, 0.1) is 0 Å². The minimum Gasteiger partial charge on any atom is -0.338 e. The molecule has 4 rings (SSSR count). The van der Waals surface area contributed by atoms with Gasteiger partial charge in [0.25, 0.3) is 0 Å². The molecule has 0 radical (unpaired) electrons. The molecule has 0 aliphatic heterocycles. The van der Waals surface area contributed by atoms with Crippen molar-refractivity contribution in [3.63, 3.8) is 0 Å². The Balaban J connectivity index is 1.32. The van der Waals surface area contributed by atoms with Gasteiger partial charge in [-0.15, -0.1) is 5.10 Å². The van der Waals surface area contributed by atoms with Crippen LogP contribution in [0.4, 0.5) is 4.79 Å². The van der Waals surface area contributed by atoms with E-state index < -0.39 is 0 Å². The SMILES string of the molecule is O=C(NCCc1ccccc1)NCCn1nc(-c2cccnc2)n(C2CC2)c1=O. The van der Waals surface area contributed by atoms with E-state index >= 15 is 0 Å². The van der Waals surface area contributed by atoms with Gasteiger partial charge in [-0.25, -0.2) is 14.3 Å². The maximum atomic E-state index is 12.8. The number of urea groups is 1. The number of carbonyl (C=O) groups excluding carboxylic acids is 1. The molecular weight excluding hydrogens is 368 g/mol. The van der Waals surface area contributed by atoms with E-state index in [1.807, 2.05) is 42.5 Å². The summed E-state index contributed by atoms with van der Waals surface area (Å²) in [5.74, 6) is 0.637. The number of hydrogen-bond acceptors (Lipinski definition) is 4. The first-order valence-electron chi connectivity index (χ1n) is 9.88. The smallest absolute Gasteiger partial charge is 0.338 e. The maximum Gasteiger partial charge on any atom is 0.346 e. The zero-order valence-electron chi connectivity index (χ0n) is 16.1. The monoisotopic (exact) mass is 392 g/mol. The number of rotatable bonds is 8. The average Bonchev–Trinajstić information content (AvgIpc) is 3.53. The van der Waals surface area contributed by atoms with Crippen LogP contribution in [0.3, 0.4) is 0 Å². The molecule has 2 aromatic heterocycles. The summed E-state index contributed by atoms with van der Waals surface area (Å²) in [7, 11) is 0. The molecular formula is C21H24N6O2. The van der Waals surface area contributed by atoms with E-state index in [4.69, 9.17) is 0 Å². The van der Waals surface area contributed by atoms with Gasteiger partial charge in [0.1, 0.15) is 0 Å². The number of aromatic nitrogens is 4. The Morgan fingerprint density at radius 3 is 2.59 bits per heavy atom. The molecule has 0 atom stereocenters. The van der Waals surface area contributed by atoms with Gasteiger partial charge in [0.15, 0.2) is 5.82 Å². The van der Waals surface area contributed by atoms with Crippen LogP contribution in [-0.4, -0.2) is 38.5 Å². The minimum atomic E-state index is -0.247. The topological polar surface area (TPSA) is 93.8 Å². The second kappa shape index (κ2) is 8.72. The Kier molecular flexibility index (Phi) is 5.69. The third kappa shape index (κ3) is 4.71. The van der Waals surface area contributed by atoms with Crippen molar-refractivity contribution in [2.75, 3.05) is 13.1 Å². The molecule has 8 nitrogen and oxygen atoms in total. The molecule has 2 N–H and O–H groups in total. The zero-order valence-corrected chi connectivity index (χ0v) is 16.1. The van der Waals surface area contributed by atoms with Crippen molar-refractivity contribution < 1.29 is 4.79 Å². The third-order valence-corrected chi connectivity index (χ3v) is 4.85. The number of benzene rings is 1. The Morgan fingerprint density at radius 1 is 1.07 bits per heavy atom. The first-order valence-corrected chi connectivity index (χ1v) is 9.88. The highest BCUT2D eigenvalue weighted by atomic mass is 16.2. The van der Waals surface area contributed by atoms with Crippen LogP contribution in [0.15, 0.2) is 59.7 Å². The summed E-state index contributed by atoms with van der Waals surface area (Å²) in [4.78, 5) is 28.9. The number of nitrogens with zero attached hydrogens (tertiary/aromatic N) is 4. The summed E-state index contributed by atoms with van der Waals surface area (Å²) in [6.07, 6.45) is 6.15. The van der Waals surface area contributed by atoms with Crippen LogP contribution >= 0.6 is 0 Å². The van der Waals surface area contributed by atoms with Crippen molar-refractivity contribution >= 4 is 6.03 Å². The number of carbonyl (C=O) groups is 1. The van der Waals surface area contributed by atoms with Gasteiger partial charge in [-0.3, -0.25) is 9.55 Å². The first kappa shape index (κ1) is 18.9. The summed E-state index contributed by atoms with van der Waals surface area (Å²) in [5, 5.41) is 10.1. The summed E-state index contributed by atoms with van der Waals surface area (Å²) in [6, 6.07) is 13.7. The highest BCUT2D eigenvalue weighted by Gasteiger charge is 2.30. The van der Waals surface area contributed by atoms with Gasteiger partial charge in [-0.2, -0.15) is 0 Å². The molecule has 2 heterocycles. The molecule has 1 aliphatic rings. The molecule has 1 aliphatic carbocycles. The van der Waals surface area contributed by atoms with Gasteiger partial charge in [-0.1, -0.05) is 30.3 Å². The van der Waals surface area contributed by atoms with E-state index in [2.05, 4.69) is 20.7 Å². The molecule has 1 aromatic carbocycles. The lowest BCUT2D eigenvalue weighted by Gasteiger charge is -2.07. The molecule has 3 aromatic rings. The largest absolute Gasteiger partial charge is 0.346 e. The molecule has 29 heavy (non-hydrogen) atoms. The third-order valence-electron chi connectivity index (χ3n) is 4.85. The van der Waals surface area contributed by atoms with Gasteiger partial charge in [0, 0.05) is 37.1 Å². The molecule has 8 heteroatoms. The Hall–Kier alpha value is -3.42. The van der Waals surface area contributed by atoms with Crippen LogP contribution in [-0.2, 0) is 13.0 Å². The fraction of sp³-hybridized carbons (Fsp3) is 0.333. The summed E-state index contributed by atoms with van der Waals surface area (Å²) >= 11 is 0. The fourth-order valence-corrected chi connectivity index (χ4v) is 3.22. The normalized spacial score (nSPS) is 13.2. The number of pyridine rings is 1. The number of nitrogens with one attached hydrogen (secondary N) is 2. The lowest BCUT2D eigenvalue weighted by molar-refractivity contribution is 0.240. The van der Waals surface area contributed by atoms with Crippen molar-refractivity contribution in [3.05, 3.63) is 70.9 Å². The van der Waals surface area contributed by atoms with Crippen LogP contribution in [0.5, 0.6) is 0 Å². The van der Waals surface area contributed by atoms with Gasteiger partial charge < -0.3 is 10.6 Å². The molecule has 1 fully saturated rings. The molecule has 2 amide bonds. The first-order chi connectivity index (χ1) is 14.2. The number of hydrogen-bond donors (Lipinski definition) is 2. The van der Waals surface area contributed by atoms with E-state index in [0.717, 1.165) is 24.8 Å². The minimum absolute atomic E-state index is 0.141. The predicted molar refractivity (Wildman–Crippen MR) is 110 cm³/mol. The van der Waals surface area contributed by atoms with E-state index in [9.17, 15) is 9.59 Å². The van der Waals surface area contributed by atoms with Gasteiger partial charge in [0.2, 0.25) is 0 Å². The van der Waals surface area contributed by atoms with E-state index in [0.29, 0.717) is 25.5 Å². The van der Waals surface area contributed by atoms with Crippen LogP contribution in [0.25, 0.3) is 11.4 Å². The zero-order chi connectivity index (χ0) is 20.1. The predicted octanol–water partition coefficient (Wildman–Crippen LogP) is 1.98. The van der Waals surface area contributed by atoms with Crippen LogP contribution in [0.1, 0.15) is 24.4 Å². The van der Waals surface area contributed by atoms with Crippen molar-refractivity contribution in [3.8, 4) is 11.4 Å². The van der Waals surface area contributed by atoms with E-state index in [1.54, 1.807) is 17.0 Å². The van der Waals surface area contributed by atoms with Gasteiger partial charge in [0.05, 0.1) is 6.54 Å². The Morgan fingerprint density at radius 2 is 1.86 bits per heavy atom. The van der Waals surface area contributed by atoms with E-state index in [-0.39, 0.29) is 17.8 Å². The Bertz CT molecular complexity index is 1010. The highest BCUT2D eigenvalue weighted by molar-refractivity contribution is 5.73. The van der Waals surface area contributed by atoms with Crippen molar-refractivity contribution in [2.45, 2.75) is 31.8 Å². The van der Waals surface area contributed by atoms with Crippen LogP contribution < -0.4 is 16.3 Å². The average molecular weight is 392 g/mol. The second-order valence-corrected chi connectivity index (χ2v) is 7.09. The van der Waals surface area contributed by atoms with E-state index in [1.165, 1.54) is 10.2 Å². The molecule has 0 saturated heterocycles. The van der Waals surface area contributed by atoms with Crippen molar-refractivity contribution in [1.82, 2.24) is 30.0 Å². The Labute approximate surface area is 168 Å². The highest BCUT2D eigenvalue weighted by Crippen LogP contribution is 2.36. The summed E-state index contributed by atoms with van der Waals surface area (Å²) < 4.78 is 3.17. The van der Waals surface area contributed by atoms with Crippen molar-refractivity contribution in [2.24, 2.45) is 0 Å². The molecule has 0 spiro atoms. The second-order valence-electron chi connectivity index (χ2n) is 7.09. The van der Waals surface area contributed by atoms with Gasteiger partial charge >= 0.3 is 11.7 Å². The molecule has 150 valence electrons. The summed E-state index contributed by atoms with van der Waals surface area (Å²) in [6.45, 7) is 1.19. The standard InChI is InChI=1S/C21H24N6O2/c28-20(23-12-10-16-5-2-1-3-6-16)24-13-14-26-21(29)27(18-8-9-18)19(25-26)17-7-4-11-22-15-17/h1-7,11,15,18H,8-10,12-14H2,(H2,23,24,28). The lowest BCUT2D eigenvalue weighted by Crippen LogP contribution is -2.39. The molecule has 0 unspecified atom stereocenters. The molecule has 1 saturated carbocycles.